The summed E-state index contributed by atoms with van der Waals surface area (Å²) in [5.74, 6) is -0.0278. The number of nitrogens with one attached hydrogen (secondary N) is 3. The molecule has 0 radical (unpaired) electrons. The van der Waals surface area contributed by atoms with Crippen molar-refractivity contribution in [2.45, 2.75) is 32.1 Å². The van der Waals surface area contributed by atoms with Gasteiger partial charge in [0.15, 0.2) is 0 Å². The fourth-order valence-corrected chi connectivity index (χ4v) is 4.05. The van der Waals surface area contributed by atoms with Gasteiger partial charge in [0, 0.05) is 31.3 Å². The third-order valence-corrected chi connectivity index (χ3v) is 5.55. The number of nitrogens with zero attached hydrogens (tertiary/aromatic N) is 2. The van der Waals surface area contributed by atoms with Gasteiger partial charge in [0.25, 0.3) is 5.56 Å². The van der Waals surface area contributed by atoms with Crippen LogP contribution in [0.15, 0.2) is 29.1 Å². The monoisotopic (exact) mass is 411 g/mol. The van der Waals surface area contributed by atoms with Crippen molar-refractivity contribution in [2.24, 2.45) is 5.92 Å². The number of fused-ring (bicyclic) bond motifs is 1. The zero-order chi connectivity index (χ0) is 21.3. The van der Waals surface area contributed by atoms with Gasteiger partial charge in [0.1, 0.15) is 11.6 Å². The molecular formula is C21H25N5O4. The summed E-state index contributed by atoms with van der Waals surface area (Å²) < 4.78 is 5.17. The maximum Gasteiger partial charge on any atom is 0.258 e. The number of H-pyrrole nitrogens is 1. The van der Waals surface area contributed by atoms with Gasteiger partial charge in [0.2, 0.25) is 17.8 Å². The van der Waals surface area contributed by atoms with Crippen molar-refractivity contribution in [3.05, 3.63) is 40.2 Å². The fraction of sp³-hybridized carbons (Fsp3) is 0.429. The van der Waals surface area contributed by atoms with Crippen molar-refractivity contribution < 1.29 is 14.3 Å². The topological polar surface area (TPSA) is 116 Å². The molecule has 9 nitrogen and oxygen atoms in total. The Balaban J connectivity index is 1.63. The summed E-state index contributed by atoms with van der Waals surface area (Å²) in [4.78, 5) is 47.4. The van der Waals surface area contributed by atoms with Gasteiger partial charge in [-0.2, -0.15) is 4.98 Å². The first kappa shape index (κ1) is 19.9. The number of benzene rings is 1. The highest BCUT2D eigenvalue weighted by Gasteiger charge is 2.35. The van der Waals surface area contributed by atoms with E-state index in [-0.39, 0.29) is 23.7 Å². The molecule has 1 aromatic heterocycles. The quantitative estimate of drug-likeness (QED) is 0.709. The van der Waals surface area contributed by atoms with E-state index in [1.165, 1.54) is 7.11 Å². The van der Waals surface area contributed by atoms with Crippen molar-refractivity contribution in [1.29, 1.82) is 0 Å². The van der Waals surface area contributed by atoms with Crippen LogP contribution < -0.4 is 25.8 Å². The minimum atomic E-state index is -0.925. The molecule has 3 N–H and O–H groups in total. The summed E-state index contributed by atoms with van der Waals surface area (Å²) in [6.45, 7) is 3.73. The molecule has 1 fully saturated rings. The molecule has 3 heterocycles. The second-order valence-corrected chi connectivity index (χ2v) is 7.87. The Morgan fingerprint density at radius 1 is 1.33 bits per heavy atom. The Bertz CT molecular complexity index is 1030. The lowest BCUT2D eigenvalue weighted by Gasteiger charge is -2.32. The second-order valence-electron chi connectivity index (χ2n) is 7.87. The van der Waals surface area contributed by atoms with E-state index in [1.807, 2.05) is 4.90 Å². The lowest BCUT2D eigenvalue weighted by atomic mass is 9.92. The number of carbonyl (C=O) groups is 2. The van der Waals surface area contributed by atoms with Crippen LogP contribution in [0.1, 0.15) is 37.7 Å². The van der Waals surface area contributed by atoms with Crippen LogP contribution in [-0.2, 0) is 9.59 Å². The molecule has 2 unspecified atom stereocenters. The van der Waals surface area contributed by atoms with Gasteiger partial charge in [-0.05, 0) is 30.9 Å². The lowest BCUT2D eigenvalue weighted by molar-refractivity contribution is -0.123. The van der Waals surface area contributed by atoms with Gasteiger partial charge >= 0.3 is 0 Å². The Morgan fingerprint density at radius 2 is 2.17 bits per heavy atom. The average molecular weight is 411 g/mol. The van der Waals surface area contributed by atoms with Crippen molar-refractivity contribution in [3.8, 4) is 5.75 Å². The molecule has 2 amide bonds. The Labute approximate surface area is 173 Å². The molecule has 0 bridgehead atoms. The number of ether oxygens (including phenoxy) is 1. The van der Waals surface area contributed by atoms with Crippen LogP contribution in [0.3, 0.4) is 0 Å². The first-order valence-corrected chi connectivity index (χ1v) is 10.1. The third-order valence-electron chi connectivity index (χ3n) is 5.55. The molecule has 2 aromatic rings. The summed E-state index contributed by atoms with van der Waals surface area (Å²) in [7, 11) is 1.54. The molecule has 2 aliphatic rings. The van der Waals surface area contributed by atoms with Crippen LogP contribution in [0.5, 0.6) is 5.75 Å². The second kappa shape index (κ2) is 8.17. The number of piperidine rings is 1. The highest BCUT2D eigenvalue weighted by Crippen LogP contribution is 2.31. The highest BCUT2D eigenvalue weighted by atomic mass is 16.5. The Morgan fingerprint density at radius 3 is 2.93 bits per heavy atom. The molecule has 1 saturated heterocycles. The van der Waals surface area contributed by atoms with E-state index >= 15 is 0 Å². The molecular weight excluding hydrogens is 386 g/mol. The van der Waals surface area contributed by atoms with Crippen LogP contribution in [-0.4, -0.2) is 42.0 Å². The largest absolute Gasteiger partial charge is 0.497 e. The van der Waals surface area contributed by atoms with Crippen LogP contribution in [0, 0.1) is 5.92 Å². The van der Waals surface area contributed by atoms with Gasteiger partial charge in [-0.3, -0.25) is 19.4 Å². The number of hydrogen-bond donors (Lipinski definition) is 3. The standard InChI is InChI=1S/C21H25N5O4/c1-12-5-4-8-26(11-12)21-24-18-17(20(29)25-21)15(10-16(27)23-18)19(28)22-13-6-3-7-14(9-13)30-2/h3,6-7,9,12,15H,4-5,8,10-11H2,1-2H3,(H,22,28)(H2,23,24,25,27,29). The predicted octanol–water partition coefficient (Wildman–Crippen LogP) is 2.08. The molecule has 1 aromatic carbocycles. The van der Waals surface area contributed by atoms with E-state index < -0.39 is 17.4 Å². The van der Waals surface area contributed by atoms with Gasteiger partial charge < -0.3 is 20.3 Å². The molecule has 2 aliphatic heterocycles. The van der Waals surface area contributed by atoms with E-state index in [4.69, 9.17) is 4.74 Å². The first-order chi connectivity index (χ1) is 14.4. The number of carbonyl (C=O) groups excluding carboxylic acids is 2. The number of rotatable bonds is 4. The van der Waals surface area contributed by atoms with Crippen LogP contribution in [0.4, 0.5) is 17.5 Å². The van der Waals surface area contributed by atoms with Crippen molar-refractivity contribution in [2.75, 3.05) is 35.7 Å². The third kappa shape index (κ3) is 4.00. The molecule has 0 saturated carbocycles. The van der Waals surface area contributed by atoms with Crippen molar-refractivity contribution >= 4 is 29.3 Å². The highest BCUT2D eigenvalue weighted by molar-refractivity contribution is 6.04. The van der Waals surface area contributed by atoms with Gasteiger partial charge in [-0.1, -0.05) is 13.0 Å². The Kier molecular flexibility index (Phi) is 5.43. The summed E-state index contributed by atoms with van der Waals surface area (Å²) in [6.07, 6.45) is 2.03. The Hall–Kier alpha value is -3.36. The number of methoxy groups -OCH3 is 1. The van der Waals surface area contributed by atoms with E-state index in [1.54, 1.807) is 24.3 Å². The molecule has 4 rings (SSSR count). The summed E-state index contributed by atoms with van der Waals surface area (Å²) in [5, 5.41) is 5.43. The summed E-state index contributed by atoms with van der Waals surface area (Å²) in [6, 6.07) is 6.89. The van der Waals surface area contributed by atoms with Gasteiger partial charge in [-0.25, -0.2) is 0 Å². The van der Waals surface area contributed by atoms with Crippen LogP contribution in [0.25, 0.3) is 0 Å². The number of aromatic nitrogens is 2. The fourth-order valence-electron chi connectivity index (χ4n) is 4.05. The molecule has 158 valence electrons. The van der Waals surface area contributed by atoms with E-state index in [0.717, 1.165) is 25.9 Å². The molecule has 2 atom stereocenters. The molecule has 0 aliphatic carbocycles. The minimum absolute atomic E-state index is 0.117. The smallest absolute Gasteiger partial charge is 0.258 e. The van der Waals surface area contributed by atoms with E-state index in [9.17, 15) is 14.4 Å². The van der Waals surface area contributed by atoms with Crippen molar-refractivity contribution in [1.82, 2.24) is 9.97 Å². The maximum atomic E-state index is 12.9. The normalized spacial score (nSPS) is 20.9. The number of amides is 2. The van der Waals surface area contributed by atoms with Crippen molar-refractivity contribution in [3.63, 3.8) is 0 Å². The minimum Gasteiger partial charge on any atom is -0.497 e. The first-order valence-electron chi connectivity index (χ1n) is 10.1. The lowest BCUT2D eigenvalue weighted by Crippen LogP contribution is -2.40. The number of aromatic amines is 1. The SMILES string of the molecule is COc1cccc(NC(=O)C2CC(=O)Nc3nc(N4CCCC(C)C4)[nH]c(=O)c32)c1. The molecule has 0 spiro atoms. The molecule has 30 heavy (non-hydrogen) atoms. The maximum absolute atomic E-state index is 12.9. The van der Waals surface area contributed by atoms with E-state index in [2.05, 4.69) is 27.5 Å². The average Bonchev–Trinajstić information content (AvgIpc) is 2.72. The number of anilines is 3. The molecule has 9 heteroatoms. The zero-order valence-electron chi connectivity index (χ0n) is 17.0. The van der Waals surface area contributed by atoms with Gasteiger partial charge in [-0.15, -0.1) is 0 Å². The summed E-state index contributed by atoms with van der Waals surface area (Å²) >= 11 is 0. The van der Waals surface area contributed by atoms with Crippen LogP contribution >= 0.6 is 0 Å². The van der Waals surface area contributed by atoms with E-state index in [0.29, 0.717) is 23.3 Å². The predicted molar refractivity (Wildman–Crippen MR) is 113 cm³/mol. The summed E-state index contributed by atoms with van der Waals surface area (Å²) in [5.41, 5.74) is 0.304. The zero-order valence-corrected chi connectivity index (χ0v) is 17.0. The van der Waals surface area contributed by atoms with Gasteiger partial charge in [0.05, 0.1) is 18.6 Å². The van der Waals surface area contributed by atoms with Crippen LogP contribution in [0.2, 0.25) is 0 Å². The number of hydrogen-bond acceptors (Lipinski definition) is 6.